The highest BCUT2D eigenvalue weighted by atomic mass is 32.1. The number of carboxylic acid groups (broad SMARTS) is 1. The van der Waals surface area contributed by atoms with Gasteiger partial charge in [0.05, 0.1) is 10.7 Å². The number of amides is 1. The van der Waals surface area contributed by atoms with E-state index in [2.05, 4.69) is 23.1 Å². The van der Waals surface area contributed by atoms with E-state index in [9.17, 15) is 4.79 Å². The lowest BCUT2D eigenvalue weighted by atomic mass is 10.1. The van der Waals surface area contributed by atoms with Gasteiger partial charge in [-0.15, -0.1) is 11.3 Å². The molecule has 3 heterocycles. The maximum absolute atomic E-state index is 11.0. The number of hydrogen-bond donors (Lipinski definition) is 1. The molecule has 0 saturated carbocycles. The van der Waals surface area contributed by atoms with Crippen LogP contribution in [0.3, 0.4) is 0 Å². The fourth-order valence-electron chi connectivity index (χ4n) is 3.34. The standard InChI is InChI=1S/C16H19N3O2S/c20-16(21)19-7-4-11(10-19)15-17-13-5-8-18(12-2-1-3-12)9-6-14(13)22-15/h1-3,11H,4-10H2,(H,20,21). The van der Waals surface area contributed by atoms with Gasteiger partial charge in [0, 0.05) is 55.5 Å². The van der Waals surface area contributed by atoms with Crippen LogP contribution < -0.4 is 0 Å². The third-order valence-corrected chi connectivity index (χ3v) is 6.05. The third kappa shape index (κ3) is 2.41. The molecule has 5 nitrogen and oxygen atoms in total. The zero-order valence-corrected chi connectivity index (χ0v) is 13.2. The average molecular weight is 317 g/mol. The summed E-state index contributed by atoms with van der Waals surface area (Å²) in [6.07, 6.45) is 8.55. The summed E-state index contributed by atoms with van der Waals surface area (Å²) in [6, 6.07) is 0. The summed E-state index contributed by atoms with van der Waals surface area (Å²) in [5, 5.41) is 10.2. The van der Waals surface area contributed by atoms with E-state index in [1.165, 1.54) is 21.2 Å². The van der Waals surface area contributed by atoms with Crippen molar-refractivity contribution in [3.05, 3.63) is 39.5 Å². The molecule has 1 aromatic heterocycles. The Balaban J connectivity index is 1.45. The molecule has 0 aromatic carbocycles. The lowest BCUT2D eigenvalue weighted by molar-refractivity contribution is 0.155. The van der Waals surface area contributed by atoms with Gasteiger partial charge in [-0.2, -0.15) is 0 Å². The second kappa shape index (κ2) is 5.43. The average Bonchev–Trinajstić information content (AvgIpc) is 3.03. The number of carbonyl (C=O) groups is 1. The summed E-state index contributed by atoms with van der Waals surface area (Å²) in [5.41, 5.74) is 2.57. The van der Waals surface area contributed by atoms with Crippen LogP contribution in [-0.4, -0.2) is 52.2 Å². The van der Waals surface area contributed by atoms with E-state index in [0.29, 0.717) is 19.0 Å². The fraction of sp³-hybridized carbons (Fsp3) is 0.500. The number of allylic oxidation sites excluding steroid dienone is 3. The normalized spacial score (nSPS) is 23.8. The highest BCUT2D eigenvalue weighted by Gasteiger charge is 2.30. The number of aromatic nitrogens is 1. The summed E-state index contributed by atoms with van der Waals surface area (Å²) >= 11 is 1.80. The molecule has 0 radical (unpaired) electrons. The minimum atomic E-state index is -0.807. The van der Waals surface area contributed by atoms with Crippen LogP contribution in [0.1, 0.15) is 27.9 Å². The van der Waals surface area contributed by atoms with Crippen molar-refractivity contribution in [2.75, 3.05) is 26.2 Å². The first-order valence-corrected chi connectivity index (χ1v) is 8.62. The lowest BCUT2D eigenvalue weighted by Gasteiger charge is -2.26. The maximum atomic E-state index is 11.0. The molecule has 4 rings (SSSR count). The first kappa shape index (κ1) is 13.8. The molecular formula is C16H19N3O2S. The van der Waals surface area contributed by atoms with Crippen LogP contribution in [0, 0.1) is 0 Å². The minimum Gasteiger partial charge on any atom is -0.465 e. The molecule has 22 heavy (non-hydrogen) atoms. The van der Waals surface area contributed by atoms with Crippen LogP contribution in [0.2, 0.25) is 0 Å². The highest BCUT2D eigenvalue weighted by Crippen LogP contribution is 2.34. The number of likely N-dealkylation sites (tertiary alicyclic amines) is 1. The molecule has 1 fully saturated rings. The molecule has 6 heteroatoms. The third-order valence-electron chi connectivity index (χ3n) is 4.73. The quantitative estimate of drug-likeness (QED) is 0.910. The Morgan fingerprint density at radius 1 is 1.32 bits per heavy atom. The number of hydrogen-bond acceptors (Lipinski definition) is 4. The minimum absolute atomic E-state index is 0.293. The second-order valence-electron chi connectivity index (χ2n) is 6.07. The van der Waals surface area contributed by atoms with Crippen LogP contribution in [-0.2, 0) is 12.8 Å². The molecule has 1 amide bonds. The van der Waals surface area contributed by atoms with Gasteiger partial charge in [-0.25, -0.2) is 9.78 Å². The first-order valence-electron chi connectivity index (χ1n) is 7.80. The van der Waals surface area contributed by atoms with Gasteiger partial charge in [-0.05, 0) is 18.6 Å². The van der Waals surface area contributed by atoms with Crippen molar-refractivity contribution < 1.29 is 9.90 Å². The first-order chi connectivity index (χ1) is 10.7. The molecular weight excluding hydrogens is 298 g/mol. The molecule has 1 aliphatic carbocycles. The molecule has 116 valence electrons. The van der Waals surface area contributed by atoms with Gasteiger partial charge in [-0.1, -0.05) is 6.08 Å². The van der Waals surface area contributed by atoms with Crippen LogP contribution >= 0.6 is 11.3 Å². The Bertz CT molecular complexity index is 639. The smallest absolute Gasteiger partial charge is 0.407 e. The van der Waals surface area contributed by atoms with E-state index in [1.54, 1.807) is 11.3 Å². The molecule has 0 bridgehead atoms. The Morgan fingerprint density at radius 2 is 2.14 bits per heavy atom. The zero-order chi connectivity index (χ0) is 15.1. The van der Waals surface area contributed by atoms with Gasteiger partial charge in [0.1, 0.15) is 0 Å². The molecule has 1 saturated heterocycles. The van der Waals surface area contributed by atoms with Gasteiger partial charge in [0.15, 0.2) is 0 Å². The Hall–Kier alpha value is -1.82. The summed E-state index contributed by atoms with van der Waals surface area (Å²) in [6.45, 7) is 3.32. The van der Waals surface area contributed by atoms with Gasteiger partial charge in [0.25, 0.3) is 0 Å². The van der Waals surface area contributed by atoms with E-state index in [4.69, 9.17) is 10.1 Å². The Morgan fingerprint density at radius 3 is 2.82 bits per heavy atom. The number of nitrogens with zero attached hydrogens (tertiary/aromatic N) is 3. The number of rotatable bonds is 2. The van der Waals surface area contributed by atoms with E-state index in [1.807, 2.05) is 0 Å². The fourth-order valence-corrected chi connectivity index (χ4v) is 4.57. The van der Waals surface area contributed by atoms with Crippen molar-refractivity contribution in [3.8, 4) is 0 Å². The SMILES string of the molecule is O=C(O)N1CCC(c2nc3c(s2)CCN(C2=CC=C2)CC3)C1. The van der Waals surface area contributed by atoms with Crippen molar-refractivity contribution in [2.24, 2.45) is 0 Å². The monoisotopic (exact) mass is 317 g/mol. The summed E-state index contributed by atoms with van der Waals surface area (Å²) < 4.78 is 0. The Labute approximate surface area is 133 Å². The van der Waals surface area contributed by atoms with Crippen molar-refractivity contribution >= 4 is 17.4 Å². The van der Waals surface area contributed by atoms with E-state index in [-0.39, 0.29) is 0 Å². The molecule has 1 atom stereocenters. The van der Waals surface area contributed by atoms with Crippen molar-refractivity contribution in [1.29, 1.82) is 0 Å². The van der Waals surface area contributed by atoms with Crippen molar-refractivity contribution in [2.45, 2.75) is 25.2 Å². The van der Waals surface area contributed by atoms with Crippen molar-refractivity contribution in [3.63, 3.8) is 0 Å². The van der Waals surface area contributed by atoms with E-state index >= 15 is 0 Å². The highest BCUT2D eigenvalue weighted by molar-refractivity contribution is 7.11. The van der Waals surface area contributed by atoms with Gasteiger partial charge < -0.3 is 14.9 Å². The van der Waals surface area contributed by atoms with E-state index < -0.39 is 6.09 Å². The molecule has 3 aliphatic rings. The zero-order valence-electron chi connectivity index (χ0n) is 12.4. The van der Waals surface area contributed by atoms with Crippen LogP contribution in [0.25, 0.3) is 0 Å². The summed E-state index contributed by atoms with van der Waals surface area (Å²) in [7, 11) is 0. The molecule has 0 spiro atoms. The van der Waals surface area contributed by atoms with Crippen LogP contribution in [0.5, 0.6) is 0 Å². The number of fused-ring (bicyclic) bond motifs is 1. The van der Waals surface area contributed by atoms with Crippen molar-refractivity contribution in [1.82, 2.24) is 14.8 Å². The van der Waals surface area contributed by atoms with Crippen LogP contribution in [0.15, 0.2) is 23.9 Å². The number of thiazole rings is 1. The predicted octanol–water partition coefficient (Wildman–Crippen LogP) is 2.46. The molecule has 1 unspecified atom stereocenters. The van der Waals surface area contributed by atoms with Gasteiger partial charge in [0.2, 0.25) is 0 Å². The molecule has 1 N–H and O–H groups in total. The largest absolute Gasteiger partial charge is 0.465 e. The molecule has 1 aromatic rings. The topological polar surface area (TPSA) is 56.7 Å². The van der Waals surface area contributed by atoms with E-state index in [0.717, 1.165) is 37.4 Å². The second-order valence-corrected chi connectivity index (χ2v) is 7.19. The van der Waals surface area contributed by atoms with Gasteiger partial charge in [-0.3, -0.25) is 0 Å². The predicted molar refractivity (Wildman–Crippen MR) is 85.3 cm³/mol. The van der Waals surface area contributed by atoms with Crippen LogP contribution in [0.4, 0.5) is 4.79 Å². The maximum Gasteiger partial charge on any atom is 0.407 e. The Kier molecular flexibility index (Phi) is 3.41. The lowest BCUT2D eigenvalue weighted by Crippen LogP contribution is -2.26. The molecule has 2 aliphatic heterocycles. The van der Waals surface area contributed by atoms with Gasteiger partial charge >= 0.3 is 6.09 Å². The summed E-state index contributed by atoms with van der Waals surface area (Å²) in [4.78, 5) is 21.2. The summed E-state index contributed by atoms with van der Waals surface area (Å²) in [5.74, 6) is 0.293.